The van der Waals surface area contributed by atoms with Crippen LogP contribution in [0.15, 0.2) is 53.5 Å². The molecule has 178 valence electrons. The molecule has 1 fully saturated rings. The van der Waals surface area contributed by atoms with E-state index in [2.05, 4.69) is 33.8 Å². The molecule has 2 aromatic carbocycles. The van der Waals surface area contributed by atoms with Gasteiger partial charge in [-0.15, -0.1) is 0 Å². The quantitative estimate of drug-likeness (QED) is 0.669. The number of likely N-dealkylation sites (tertiary alicyclic amines) is 1. The lowest BCUT2D eigenvalue weighted by atomic mass is 9.80. The van der Waals surface area contributed by atoms with Crippen LogP contribution in [0.25, 0.3) is 0 Å². The van der Waals surface area contributed by atoms with E-state index >= 15 is 0 Å². The maximum atomic E-state index is 13.3. The molecule has 1 aliphatic carbocycles. The van der Waals surface area contributed by atoms with Gasteiger partial charge in [-0.2, -0.15) is 0 Å². The lowest BCUT2D eigenvalue weighted by Crippen LogP contribution is -2.43. The normalized spacial score (nSPS) is 23.3. The fourth-order valence-electron chi connectivity index (χ4n) is 5.75. The van der Waals surface area contributed by atoms with Gasteiger partial charge < -0.3 is 20.3 Å². The molecule has 1 unspecified atom stereocenters. The third kappa shape index (κ3) is 4.65. The van der Waals surface area contributed by atoms with Crippen LogP contribution in [-0.4, -0.2) is 56.0 Å². The van der Waals surface area contributed by atoms with Crippen molar-refractivity contribution in [3.8, 4) is 0 Å². The van der Waals surface area contributed by atoms with E-state index in [-0.39, 0.29) is 23.7 Å². The number of methoxy groups -OCH3 is 1. The van der Waals surface area contributed by atoms with Crippen LogP contribution in [0.4, 0.5) is 5.69 Å². The summed E-state index contributed by atoms with van der Waals surface area (Å²) in [5.74, 6) is 1.59. The highest BCUT2D eigenvalue weighted by molar-refractivity contribution is 5.94. The summed E-state index contributed by atoms with van der Waals surface area (Å²) in [4.78, 5) is 31.8. The second-order valence-electron chi connectivity index (χ2n) is 9.43. The molecule has 1 saturated heterocycles. The minimum atomic E-state index is -0.165. The molecule has 0 aromatic heterocycles. The Morgan fingerprint density at radius 3 is 2.82 bits per heavy atom. The summed E-state index contributed by atoms with van der Waals surface area (Å²) < 4.78 is 4.97. The van der Waals surface area contributed by atoms with Crippen LogP contribution in [0, 0.1) is 5.92 Å². The Bertz CT molecular complexity index is 1100. The van der Waals surface area contributed by atoms with Gasteiger partial charge in [-0.3, -0.25) is 14.6 Å². The van der Waals surface area contributed by atoms with Crippen LogP contribution in [-0.2, 0) is 20.7 Å². The number of carbonyl (C=O) groups excluding carboxylic acids is 2. The van der Waals surface area contributed by atoms with E-state index < -0.39 is 0 Å². The topological polar surface area (TPSA) is 83.0 Å². The van der Waals surface area contributed by atoms with Crippen LogP contribution >= 0.6 is 0 Å². The molecule has 7 heteroatoms. The van der Waals surface area contributed by atoms with Gasteiger partial charge in [-0.25, -0.2) is 0 Å². The minimum absolute atomic E-state index is 0.151. The molecule has 0 bridgehead atoms. The van der Waals surface area contributed by atoms with E-state index in [1.807, 2.05) is 35.2 Å². The molecule has 7 nitrogen and oxygen atoms in total. The van der Waals surface area contributed by atoms with Crippen LogP contribution in [0.1, 0.15) is 47.8 Å². The molecule has 5 rings (SSSR count). The molecule has 2 aliphatic heterocycles. The third-order valence-electron chi connectivity index (χ3n) is 7.39. The molecule has 2 N–H and O–H groups in total. The number of hydrogen-bond donors (Lipinski definition) is 2. The van der Waals surface area contributed by atoms with Gasteiger partial charge in [0.1, 0.15) is 0 Å². The van der Waals surface area contributed by atoms with Gasteiger partial charge in [-0.1, -0.05) is 36.4 Å². The van der Waals surface area contributed by atoms with Crippen molar-refractivity contribution in [2.45, 2.75) is 37.5 Å². The zero-order chi connectivity index (χ0) is 23.5. The number of carbonyl (C=O) groups is 2. The van der Waals surface area contributed by atoms with Gasteiger partial charge in [0.15, 0.2) is 5.96 Å². The Morgan fingerprint density at radius 1 is 1.18 bits per heavy atom. The zero-order valence-electron chi connectivity index (χ0n) is 19.6. The Labute approximate surface area is 200 Å². The van der Waals surface area contributed by atoms with Gasteiger partial charge in [-0.05, 0) is 53.5 Å². The molecule has 34 heavy (non-hydrogen) atoms. The highest BCUT2D eigenvalue weighted by atomic mass is 16.5. The molecule has 3 aliphatic rings. The summed E-state index contributed by atoms with van der Waals surface area (Å²) in [7, 11) is 1.45. The van der Waals surface area contributed by atoms with Gasteiger partial charge in [0.2, 0.25) is 5.91 Å². The molecule has 3 atom stereocenters. The fourth-order valence-corrected chi connectivity index (χ4v) is 5.75. The molecular formula is C27H32N4O3. The van der Waals surface area contributed by atoms with E-state index in [4.69, 9.17) is 4.74 Å². The summed E-state index contributed by atoms with van der Waals surface area (Å²) in [5.41, 5.74) is 4.46. The number of nitrogens with zero attached hydrogens (tertiary/aromatic N) is 2. The largest absolute Gasteiger partial charge is 0.469 e. The van der Waals surface area contributed by atoms with Gasteiger partial charge in [0, 0.05) is 37.8 Å². The second kappa shape index (κ2) is 9.87. The molecule has 2 heterocycles. The molecule has 0 saturated carbocycles. The van der Waals surface area contributed by atoms with Crippen molar-refractivity contribution in [1.29, 1.82) is 0 Å². The number of benzene rings is 2. The van der Waals surface area contributed by atoms with Crippen molar-refractivity contribution in [2.75, 3.05) is 38.6 Å². The number of guanidine groups is 1. The van der Waals surface area contributed by atoms with Crippen molar-refractivity contribution >= 4 is 23.5 Å². The molecule has 0 radical (unpaired) electrons. The molecule has 1 amide bonds. The first kappa shape index (κ1) is 22.4. The minimum Gasteiger partial charge on any atom is -0.469 e. The molecule has 0 spiro atoms. The maximum Gasteiger partial charge on any atom is 0.306 e. The van der Waals surface area contributed by atoms with Crippen molar-refractivity contribution < 1.29 is 14.3 Å². The predicted octanol–water partition coefficient (Wildman–Crippen LogP) is 3.28. The van der Waals surface area contributed by atoms with Crippen molar-refractivity contribution in [3.63, 3.8) is 0 Å². The van der Waals surface area contributed by atoms with E-state index in [1.165, 1.54) is 18.2 Å². The maximum absolute atomic E-state index is 13.3. The fraction of sp³-hybridized carbons (Fsp3) is 0.444. The van der Waals surface area contributed by atoms with Crippen LogP contribution in [0.2, 0.25) is 0 Å². The Balaban J connectivity index is 1.26. The number of hydrogen-bond acceptors (Lipinski definition) is 6. The molecule has 2 aromatic rings. The first-order chi connectivity index (χ1) is 16.6. The van der Waals surface area contributed by atoms with Crippen molar-refractivity contribution in [2.24, 2.45) is 10.9 Å². The number of esters is 1. The smallest absolute Gasteiger partial charge is 0.306 e. The average molecular weight is 461 g/mol. The lowest BCUT2D eigenvalue weighted by Gasteiger charge is -2.37. The lowest BCUT2D eigenvalue weighted by molar-refractivity contribution is -0.141. The number of fused-ring (bicyclic) bond motifs is 3. The number of piperidine rings is 1. The van der Waals surface area contributed by atoms with Crippen molar-refractivity contribution in [1.82, 2.24) is 10.2 Å². The highest BCUT2D eigenvalue weighted by Gasteiger charge is 2.44. The highest BCUT2D eigenvalue weighted by Crippen LogP contribution is 2.51. The average Bonchev–Trinajstić information content (AvgIpc) is 3.17. The number of anilines is 1. The van der Waals surface area contributed by atoms with Gasteiger partial charge >= 0.3 is 5.97 Å². The number of aliphatic imine (C=N–C) groups is 1. The summed E-state index contributed by atoms with van der Waals surface area (Å²) in [6.07, 6.45) is 2.73. The predicted molar refractivity (Wildman–Crippen MR) is 132 cm³/mol. The van der Waals surface area contributed by atoms with Crippen molar-refractivity contribution in [3.05, 3.63) is 65.2 Å². The Morgan fingerprint density at radius 2 is 2.03 bits per heavy atom. The summed E-state index contributed by atoms with van der Waals surface area (Å²) in [5, 5.41) is 6.58. The monoisotopic (exact) mass is 460 g/mol. The van der Waals surface area contributed by atoms with Crippen LogP contribution < -0.4 is 10.6 Å². The number of amides is 1. The van der Waals surface area contributed by atoms with Crippen LogP contribution in [0.5, 0.6) is 0 Å². The molecular weight excluding hydrogens is 428 g/mol. The summed E-state index contributed by atoms with van der Waals surface area (Å²) in [6, 6.07) is 16.4. The first-order valence-electron chi connectivity index (χ1n) is 12.2. The van der Waals surface area contributed by atoms with E-state index in [1.54, 1.807) is 0 Å². The van der Waals surface area contributed by atoms with Crippen LogP contribution in [0.3, 0.4) is 0 Å². The number of nitrogens with one attached hydrogen (secondary N) is 2. The van der Waals surface area contributed by atoms with E-state index in [0.29, 0.717) is 25.3 Å². The third-order valence-corrected chi connectivity index (χ3v) is 7.39. The SMILES string of the molecule is COC(=O)CC1c2ccccc2[C@@H]2CN(C(=O)Cc3cccc(NC4=NCCCN4)c3)CC[C@H]12. The zero-order valence-corrected chi connectivity index (χ0v) is 19.6. The summed E-state index contributed by atoms with van der Waals surface area (Å²) >= 11 is 0. The first-order valence-corrected chi connectivity index (χ1v) is 12.2. The number of ether oxygens (including phenoxy) is 1. The van der Waals surface area contributed by atoms with Gasteiger partial charge in [0.05, 0.1) is 20.0 Å². The Kier molecular flexibility index (Phi) is 6.52. The standard InChI is InChI=1S/C27H32N4O3/c1-34-26(33)16-23-20-8-2-3-9-21(20)24-17-31(13-10-22(23)24)25(32)15-18-6-4-7-19(14-18)30-27-28-11-5-12-29-27/h2-4,6-9,14,22-24H,5,10-13,15-17H2,1H3,(H2,28,29,30)/t22-,23?,24+/m1/s1. The second-order valence-corrected chi connectivity index (χ2v) is 9.43. The van der Waals surface area contributed by atoms with E-state index in [0.717, 1.165) is 49.7 Å². The summed E-state index contributed by atoms with van der Waals surface area (Å²) in [6.45, 7) is 3.18. The van der Waals surface area contributed by atoms with E-state index in [9.17, 15) is 9.59 Å². The number of rotatable bonds is 5. The Hall–Kier alpha value is -3.35. The van der Waals surface area contributed by atoms with Gasteiger partial charge in [0.25, 0.3) is 0 Å².